The number of hydrogen-bond acceptors (Lipinski definition) is 3. The molecule has 3 heteroatoms. The highest BCUT2D eigenvalue weighted by molar-refractivity contribution is 5.89. The van der Waals surface area contributed by atoms with E-state index in [0.717, 1.165) is 11.1 Å². The van der Waals surface area contributed by atoms with Gasteiger partial charge < -0.3 is 4.84 Å². The fraction of sp³-hybridized carbons (Fsp3) is 0.133. The lowest BCUT2D eigenvalue weighted by Crippen LogP contribution is -2.19. The summed E-state index contributed by atoms with van der Waals surface area (Å²) >= 11 is 0. The Hall–Kier alpha value is -2.13. The van der Waals surface area contributed by atoms with E-state index >= 15 is 0 Å². The van der Waals surface area contributed by atoms with Crippen LogP contribution in [0.4, 0.5) is 0 Å². The van der Waals surface area contributed by atoms with Crippen molar-refractivity contribution in [3.63, 3.8) is 0 Å². The van der Waals surface area contributed by atoms with Crippen LogP contribution in [0.25, 0.3) is 0 Å². The van der Waals surface area contributed by atoms with Gasteiger partial charge in [0.2, 0.25) is 0 Å². The van der Waals surface area contributed by atoms with Crippen LogP contribution in [0.5, 0.6) is 0 Å². The number of hydrogen-bond donors (Lipinski definition) is 1. The minimum absolute atomic E-state index is 0.366. The van der Waals surface area contributed by atoms with Gasteiger partial charge in [0.15, 0.2) is 0 Å². The second-order valence-corrected chi connectivity index (χ2v) is 4.07. The van der Waals surface area contributed by atoms with Crippen molar-refractivity contribution in [2.24, 2.45) is 0 Å². The predicted molar refractivity (Wildman–Crippen MR) is 69.9 cm³/mol. The molecule has 0 aromatic heterocycles. The van der Waals surface area contributed by atoms with Crippen LogP contribution in [0.15, 0.2) is 54.6 Å². The summed E-state index contributed by atoms with van der Waals surface area (Å²) in [6, 6.07) is 17.1. The van der Waals surface area contributed by atoms with Gasteiger partial charge in [-0.05, 0) is 24.6 Å². The Bertz CT molecular complexity index is 523. The molecule has 0 amide bonds. The molecule has 0 bridgehead atoms. The fourth-order valence-electron chi connectivity index (χ4n) is 1.61. The van der Waals surface area contributed by atoms with Gasteiger partial charge in [0.1, 0.15) is 0 Å². The molecule has 0 saturated heterocycles. The maximum absolute atomic E-state index is 11.7. The zero-order chi connectivity index (χ0) is 12.8. The number of benzene rings is 2. The van der Waals surface area contributed by atoms with Crippen molar-refractivity contribution in [3.8, 4) is 0 Å². The summed E-state index contributed by atoms with van der Waals surface area (Å²) in [4.78, 5) is 16.7. The largest absolute Gasteiger partial charge is 0.366 e. The molecule has 92 valence electrons. The molecule has 2 aromatic carbocycles. The van der Waals surface area contributed by atoms with E-state index in [-0.39, 0.29) is 5.97 Å². The Balaban J connectivity index is 1.86. The van der Waals surface area contributed by atoms with E-state index in [1.807, 2.05) is 49.4 Å². The second kappa shape index (κ2) is 5.98. The van der Waals surface area contributed by atoms with Crippen LogP contribution in [0, 0.1) is 6.92 Å². The summed E-state index contributed by atoms with van der Waals surface area (Å²) in [5.74, 6) is -0.366. The lowest BCUT2D eigenvalue weighted by Gasteiger charge is -2.06. The monoisotopic (exact) mass is 241 g/mol. The maximum Gasteiger partial charge on any atom is 0.356 e. The lowest BCUT2D eigenvalue weighted by molar-refractivity contribution is 0.0237. The molecule has 0 fully saturated rings. The molecule has 2 rings (SSSR count). The van der Waals surface area contributed by atoms with Crippen LogP contribution in [-0.2, 0) is 11.4 Å². The second-order valence-electron chi connectivity index (χ2n) is 4.07. The van der Waals surface area contributed by atoms with E-state index in [1.54, 1.807) is 12.1 Å². The SMILES string of the molecule is Cc1cccc(C(=O)ONCc2ccccc2)c1. The van der Waals surface area contributed by atoms with Gasteiger partial charge in [-0.3, -0.25) is 0 Å². The molecule has 0 heterocycles. The minimum atomic E-state index is -0.366. The number of hydroxylamine groups is 1. The first-order valence-corrected chi connectivity index (χ1v) is 5.80. The minimum Gasteiger partial charge on any atom is -0.366 e. The Morgan fingerprint density at radius 2 is 1.89 bits per heavy atom. The number of carbonyl (C=O) groups excluding carboxylic acids is 1. The number of nitrogens with one attached hydrogen (secondary N) is 1. The first-order valence-electron chi connectivity index (χ1n) is 5.80. The zero-order valence-electron chi connectivity index (χ0n) is 10.2. The third-order valence-corrected chi connectivity index (χ3v) is 2.54. The van der Waals surface area contributed by atoms with Gasteiger partial charge in [0.25, 0.3) is 0 Å². The first-order chi connectivity index (χ1) is 8.75. The molecule has 1 N–H and O–H groups in total. The highest BCUT2D eigenvalue weighted by Crippen LogP contribution is 2.05. The fourth-order valence-corrected chi connectivity index (χ4v) is 1.61. The van der Waals surface area contributed by atoms with Crippen LogP contribution in [-0.4, -0.2) is 5.97 Å². The van der Waals surface area contributed by atoms with E-state index in [1.165, 1.54) is 0 Å². The van der Waals surface area contributed by atoms with Crippen molar-refractivity contribution >= 4 is 5.97 Å². The van der Waals surface area contributed by atoms with Gasteiger partial charge in [-0.1, -0.05) is 48.0 Å². The van der Waals surface area contributed by atoms with Gasteiger partial charge in [-0.15, -0.1) is 5.48 Å². The molecule has 3 nitrogen and oxygen atoms in total. The van der Waals surface area contributed by atoms with Crippen LogP contribution < -0.4 is 5.48 Å². The predicted octanol–water partition coefficient (Wildman–Crippen LogP) is 2.86. The summed E-state index contributed by atoms with van der Waals surface area (Å²) in [5, 5.41) is 0. The Morgan fingerprint density at radius 1 is 1.11 bits per heavy atom. The van der Waals surface area contributed by atoms with Crippen molar-refractivity contribution in [3.05, 3.63) is 71.3 Å². The molecule has 0 saturated carbocycles. The molecule has 2 aromatic rings. The highest BCUT2D eigenvalue weighted by atomic mass is 16.7. The van der Waals surface area contributed by atoms with E-state index in [0.29, 0.717) is 12.1 Å². The quantitative estimate of drug-likeness (QED) is 0.836. The van der Waals surface area contributed by atoms with Crippen LogP contribution in [0.1, 0.15) is 21.5 Å². The molecule has 0 unspecified atom stereocenters. The molecular weight excluding hydrogens is 226 g/mol. The van der Waals surface area contributed by atoms with Crippen LogP contribution >= 0.6 is 0 Å². The summed E-state index contributed by atoms with van der Waals surface area (Å²) in [6.45, 7) is 2.44. The topological polar surface area (TPSA) is 38.3 Å². The number of rotatable bonds is 4. The summed E-state index contributed by atoms with van der Waals surface area (Å²) in [7, 11) is 0. The van der Waals surface area contributed by atoms with Crippen LogP contribution in [0.3, 0.4) is 0 Å². The van der Waals surface area contributed by atoms with E-state index < -0.39 is 0 Å². The standard InChI is InChI=1S/C15H15NO2/c1-12-6-5-9-14(10-12)15(17)18-16-11-13-7-3-2-4-8-13/h2-10,16H,11H2,1H3. The average Bonchev–Trinajstić information content (AvgIpc) is 2.40. The third kappa shape index (κ3) is 3.43. The normalized spacial score (nSPS) is 10.1. The molecule has 0 aliphatic carbocycles. The van der Waals surface area contributed by atoms with E-state index in [9.17, 15) is 4.79 Å². The maximum atomic E-state index is 11.7. The van der Waals surface area contributed by atoms with Gasteiger partial charge >= 0.3 is 5.97 Å². The number of aryl methyl sites for hydroxylation is 1. The van der Waals surface area contributed by atoms with Gasteiger partial charge in [0.05, 0.1) is 12.1 Å². The third-order valence-electron chi connectivity index (χ3n) is 2.54. The Morgan fingerprint density at radius 3 is 2.61 bits per heavy atom. The smallest absolute Gasteiger partial charge is 0.356 e. The zero-order valence-corrected chi connectivity index (χ0v) is 10.2. The van der Waals surface area contributed by atoms with E-state index in [2.05, 4.69) is 5.48 Å². The van der Waals surface area contributed by atoms with Crippen molar-refractivity contribution < 1.29 is 9.63 Å². The van der Waals surface area contributed by atoms with Crippen molar-refractivity contribution in [2.45, 2.75) is 13.5 Å². The summed E-state index contributed by atoms with van der Waals surface area (Å²) < 4.78 is 0. The van der Waals surface area contributed by atoms with Gasteiger partial charge in [-0.25, -0.2) is 4.79 Å². The van der Waals surface area contributed by atoms with Crippen LogP contribution in [0.2, 0.25) is 0 Å². The Labute approximate surface area is 106 Å². The van der Waals surface area contributed by atoms with Crippen molar-refractivity contribution in [1.29, 1.82) is 0 Å². The number of carbonyl (C=O) groups is 1. The van der Waals surface area contributed by atoms with Crippen molar-refractivity contribution in [2.75, 3.05) is 0 Å². The summed E-state index contributed by atoms with van der Waals surface area (Å²) in [6.07, 6.45) is 0. The molecule has 18 heavy (non-hydrogen) atoms. The van der Waals surface area contributed by atoms with Crippen molar-refractivity contribution in [1.82, 2.24) is 5.48 Å². The molecule has 0 spiro atoms. The lowest BCUT2D eigenvalue weighted by atomic mass is 10.1. The van der Waals surface area contributed by atoms with Gasteiger partial charge in [0, 0.05) is 0 Å². The molecule has 0 aliphatic rings. The molecule has 0 aliphatic heterocycles. The molecule has 0 atom stereocenters. The Kier molecular flexibility index (Phi) is 4.10. The first kappa shape index (κ1) is 12.3. The highest BCUT2D eigenvalue weighted by Gasteiger charge is 2.06. The molecular formula is C15H15NO2. The van der Waals surface area contributed by atoms with Gasteiger partial charge in [-0.2, -0.15) is 0 Å². The van der Waals surface area contributed by atoms with E-state index in [4.69, 9.17) is 4.84 Å². The summed E-state index contributed by atoms with van der Waals surface area (Å²) in [5.41, 5.74) is 5.32. The average molecular weight is 241 g/mol. The molecule has 0 radical (unpaired) electrons.